The van der Waals surface area contributed by atoms with Gasteiger partial charge in [-0.05, 0) is 0 Å². The molecular weight excluding hydrogens is 159 g/mol. The molecule has 58 valence electrons. The molecule has 1 aromatic carbocycles. The van der Waals surface area contributed by atoms with Crippen LogP contribution in [-0.4, -0.2) is 12.4 Å². The number of carbonyl (C=O) groups is 1. The van der Waals surface area contributed by atoms with Gasteiger partial charge >= 0.3 is 0 Å². The summed E-state index contributed by atoms with van der Waals surface area (Å²) in [4.78, 5) is 11.1. The minimum absolute atomic E-state index is 0.000556. The van der Waals surface area contributed by atoms with Gasteiger partial charge < -0.3 is 4.52 Å². The highest BCUT2D eigenvalue weighted by Crippen LogP contribution is 2.00. The predicted molar refractivity (Wildman–Crippen MR) is 46.4 cm³/mol. The van der Waals surface area contributed by atoms with Crippen LogP contribution in [0.5, 0.6) is 0 Å². The third kappa shape index (κ3) is 2.41. The average Bonchev–Trinajstić information content (AvgIpc) is 2.07. The number of carbonyl (C=O) groups excluding carboxylic acids is 1. The first-order valence-corrected chi connectivity index (χ1v) is 3.71. The van der Waals surface area contributed by atoms with Crippen molar-refractivity contribution in [3.63, 3.8) is 0 Å². The molecule has 0 saturated carbocycles. The lowest BCUT2D eigenvalue weighted by Gasteiger charge is -1.96. The standard InChI is InChI=1S/C8H9O2P/c9-8(6-10-11)7-4-2-1-3-5-7/h1-5H,6,11H2. The first kappa shape index (κ1) is 8.38. The summed E-state index contributed by atoms with van der Waals surface area (Å²) in [5, 5.41) is 0. The summed E-state index contributed by atoms with van der Waals surface area (Å²) in [5.41, 5.74) is 0.690. The molecule has 0 fully saturated rings. The summed E-state index contributed by atoms with van der Waals surface area (Å²) < 4.78 is 4.63. The van der Waals surface area contributed by atoms with Crippen molar-refractivity contribution in [2.24, 2.45) is 0 Å². The average molecular weight is 168 g/mol. The highest BCUT2D eigenvalue weighted by Gasteiger charge is 2.01. The van der Waals surface area contributed by atoms with Crippen LogP contribution in [0, 0.1) is 0 Å². The zero-order valence-electron chi connectivity index (χ0n) is 5.99. The van der Waals surface area contributed by atoms with Gasteiger partial charge in [0.15, 0.2) is 5.78 Å². The van der Waals surface area contributed by atoms with Gasteiger partial charge in [0.05, 0.1) is 0 Å². The molecule has 0 aliphatic rings. The Morgan fingerprint density at radius 2 is 2.00 bits per heavy atom. The molecule has 0 saturated heterocycles. The molecule has 0 N–H and O–H groups in total. The van der Waals surface area contributed by atoms with Gasteiger partial charge in [0.1, 0.15) is 6.61 Å². The molecule has 0 aromatic heterocycles. The van der Waals surface area contributed by atoms with Crippen molar-refractivity contribution in [3.05, 3.63) is 35.9 Å². The molecule has 0 spiro atoms. The highest BCUT2D eigenvalue weighted by atomic mass is 31.0. The number of ketones is 1. The Bertz CT molecular complexity index is 233. The van der Waals surface area contributed by atoms with E-state index in [2.05, 4.69) is 14.0 Å². The van der Waals surface area contributed by atoms with Gasteiger partial charge in [-0.15, -0.1) is 0 Å². The van der Waals surface area contributed by atoms with Crippen molar-refractivity contribution in [1.29, 1.82) is 0 Å². The van der Waals surface area contributed by atoms with E-state index in [9.17, 15) is 4.79 Å². The number of hydrogen-bond donors (Lipinski definition) is 0. The molecule has 1 aromatic rings. The molecule has 1 rings (SSSR count). The second-order valence-corrected chi connectivity index (χ2v) is 2.43. The summed E-state index contributed by atoms with van der Waals surface area (Å²) in [6, 6.07) is 9.07. The Morgan fingerprint density at radius 3 is 2.55 bits per heavy atom. The summed E-state index contributed by atoms with van der Waals surface area (Å²) in [6.45, 7) is 0.120. The maximum atomic E-state index is 11.1. The smallest absolute Gasteiger partial charge is 0.188 e. The second-order valence-electron chi connectivity index (χ2n) is 2.10. The number of Topliss-reactive ketones (excluding diaryl/α,β-unsaturated/α-hetero) is 1. The van der Waals surface area contributed by atoms with Crippen LogP contribution in [0.3, 0.4) is 0 Å². The Balaban J connectivity index is 2.69. The molecule has 1 atom stereocenters. The highest BCUT2D eigenvalue weighted by molar-refractivity contribution is 7.09. The normalized spacial score (nSPS) is 9.55. The van der Waals surface area contributed by atoms with Crippen LogP contribution in [0.2, 0.25) is 0 Å². The van der Waals surface area contributed by atoms with Gasteiger partial charge in [-0.25, -0.2) is 0 Å². The van der Waals surface area contributed by atoms with Crippen LogP contribution in [0.4, 0.5) is 0 Å². The van der Waals surface area contributed by atoms with E-state index in [4.69, 9.17) is 0 Å². The van der Waals surface area contributed by atoms with Crippen LogP contribution in [0.25, 0.3) is 0 Å². The number of benzene rings is 1. The Hall–Kier alpha value is -0.720. The van der Waals surface area contributed by atoms with Crippen LogP contribution in [-0.2, 0) is 4.52 Å². The molecule has 0 bridgehead atoms. The van der Waals surface area contributed by atoms with E-state index in [1.807, 2.05) is 18.2 Å². The van der Waals surface area contributed by atoms with Gasteiger partial charge in [0.2, 0.25) is 0 Å². The first-order chi connectivity index (χ1) is 5.34. The minimum Gasteiger partial charge on any atom is -0.358 e. The van der Waals surface area contributed by atoms with E-state index in [0.717, 1.165) is 0 Å². The molecule has 0 aliphatic heterocycles. The fraction of sp³-hybridized carbons (Fsp3) is 0.125. The van der Waals surface area contributed by atoms with Gasteiger partial charge in [-0.3, -0.25) is 4.79 Å². The lowest BCUT2D eigenvalue weighted by atomic mass is 10.1. The topological polar surface area (TPSA) is 26.3 Å². The maximum absolute atomic E-state index is 11.1. The third-order valence-electron chi connectivity index (χ3n) is 1.31. The number of rotatable bonds is 3. The zero-order chi connectivity index (χ0) is 8.10. The van der Waals surface area contributed by atoms with Crippen LogP contribution in [0.15, 0.2) is 30.3 Å². The number of hydrogen-bond acceptors (Lipinski definition) is 2. The quantitative estimate of drug-likeness (QED) is 0.507. The summed E-state index contributed by atoms with van der Waals surface area (Å²) >= 11 is 0. The molecule has 0 radical (unpaired) electrons. The van der Waals surface area contributed by atoms with E-state index in [0.29, 0.717) is 5.56 Å². The van der Waals surface area contributed by atoms with Gasteiger partial charge in [0.25, 0.3) is 0 Å². The Morgan fingerprint density at radius 1 is 1.36 bits per heavy atom. The predicted octanol–water partition coefficient (Wildman–Crippen LogP) is 1.68. The van der Waals surface area contributed by atoms with Gasteiger partial charge in [-0.2, -0.15) is 0 Å². The molecular formula is C8H9O2P. The van der Waals surface area contributed by atoms with Crippen molar-refractivity contribution in [2.75, 3.05) is 6.61 Å². The van der Waals surface area contributed by atoms with Crippen LogP contribution in [0.1, 0.15) is 10.4 Å². The van der Waals surface area contributed by atoms with E-state index in [1.165, 1.54) is 0 Å². The second kappa shape index (κ2) is 4.22. The minimum atomic E-state index is 0.000556. The molecule has 2 nitrogen and oxygen atoms in total. The van der Waals surface area contributed by atoms with E-state index < -0.39 is 0 Å². The molecule has 3 heteroatoms. The maximum Gasteiger partial charge on any atom is 0.188 e. The van der Waals surface area contributed by atoms with Crippen LogP contribution < -0.4 is 0 Å². The summed E-state index contributed by atoms with van der Waals surface area (Å²) in [5.74, 6) is 0.000556. The zero-order valence-corrected chi connectivity index (χ0v) is 7.14. The van der Waals surface area contributed by atoms with Crippen LogP contribution >= 0.6 is 9.47 Å². The first-order valence-electron chi connectivity index (χ1n) is 3.24. The fourth-order valence-electron chi connectivity index (χ4n) is 0.783. The lowest BCUT2D eigenvalue weighted by Crippen LogP contribution is -2.04. The third-order valence-corrected chi connectivity index (χ3v) is 1.48. The fourth-order valence-corrected chi connectivity index (χ4v) is 0.934. The van der Waals surface area contributed by atoms with E-state index in [1.54, 1.807) is 12.1 Å². The van der Waals surface area contributed by atoms with E-state index in [-0.39, 0.29) is 12.4 Å². The lowest BCUT2D eigenvalue weighted by molar-refractivity contribution is 0.0934. The molecule has 1 unspecified atom stereocenters. The summed E-state index contributed by atoms with van der Waals surface area (Å²) in [6.07, 6.45) is 0. The largest absolute Gasteiger partial charge is 0.358 e. The van der Waals surface area contributed by atoms with Gasteiger partial charge in [0, 0.05) is 15.0 Å². The van der Waals surface area contributed by atoms with Crippen molar-refractivity contribution in [1.82, 2.24) is 0 Å². The summed E-state index contributed by atoms with van der Waals surface area (Å²) in [7, 11) is 2.05. The SMILES string of the molecule is O=C(COP)c1ccccc1. The molecule has 11 heavy (non-hydrogen) atoms. The van der Waals surface area contributed by atoms with Gasteiger partial charge in [-0.1, -0.05) is 30.3 Å². The Kier molecular flexibility index (Phi) is 3.21. The van der Waals surface area contributed by atoms with Crippen molar-refractivity contribution in [2.45, 2.75) is 0 Å². The van der Waals surface area contributed by atoms with E-state index >= 15 is 0 Å². The molecule has 0 aliphatic carbocycles. The van der Waals surface area contributed by atoms with Crippen molar-refractivity contribution in [3.8, 4) is 0 Å². The molecule has 0 heterocycles. The van der Waals surface area contributed by atoms with Crippen molar-refractivity contribution >= 4 is 15.2 Å². The Labute approximate surface area is 67.9 Å². The monoisotopic (exact) mass is 168 g/mol. The molecule has 0 amide bonds. The van der Waals surface area contributed by atoms with Crippen molar-refractivity contribution < 1.29 is 9.32 Å².